The molecule has 3 saturated carbocycles. The third kappa shape index (κ3) is 1.93. The standard InChI is InChI=1S/C21H34O/c1-4-14-6-8-18-17-7-5-15-13-16(22)9-11-21(15,3)19(17)10-12-20(14,18)2/h5,14,16-19,22H,4,6-13H2,1-3H3/t14-,16-,17-,18-,19-,20+,21-/m0/s1. The summed E-state index contributed by atoms with van der Waals surface area (Å²) in [5.74, 6) is 3.77. The Morgan fingerprint density at radius 2 is 1.91 bits per heavy atom. The van der Waals surface area contributed by atoms with Gasteiger partial charge in [-0.1, -0.05) is 38.8 Å². The molecule has 3 fully saturated rings. The van der Waals surface area contributed by atoms with Crippen LogP contribution in [0, 0.1) is 34.5 Å². The number of hydrogen-bond acceptors (Lipinski definition) is 1. The quantitative estimate of drug-likeness (QED) is 0.648. The lowest BCUT2D eigenvalue weighted by Gasteiger charge is -2.58. The molecule has 4 aliphatic rings. The summed E-state index contributed by atoms with van der Waals surface area (Å²) in [5.41, 5.74) is 2.65. The van der Waals surface area contributed by atoms with Crippen molar-refractivity contribution in [3.63, 3.8) is 0 Å². The monoisotopic (exact) mass is 302 g/mol. The van der Waals surface area contributed by atoms with E-state index in [0.29, 0.717) is 10.8 Å². The normalized spacial score (nSPS) is 54.2. The molecule has 0 spiro atoms. The molecule has 22 heavy (non-hydrogen) atoms. The molecule has 0 amide bonds. The van der Waals surface area contributed by atoms with Gasteiger partial charge in [0.15, 0.2) is 0 Å². The first kappa shape index (κ1) is 15.2. The lowest BCUT2D eigenvalue weighted by atomic mass is 9.47. The van der Waals surface area contributed by atoms with Crippen molar-refractivity contribution in [2.24, 2.45) is 34.5 Å². The summed E-state index contributed by atoms with van der Waals surface area (Å²) in [4.78, 5) is 0. The molecule has 4 rings (SSSR count). The summed E-state index contributed by atoms with van der Waals surface area (Å²) in [6.07, 6.45) is 14.3. The van der Waals surface area contributed by atoms with Gasteiger partial charge in [-0.2, -0.15) is 0 Å². The smallest absolute Gasteiger partial charge is 0.0577 e. The third-order valence-corrected chi connectivity index (χ3v) is 8.77. The van der Waals surface area contributed by atoms with Gasteiger partial charge in [-0.05, 0) is 85.9 Å². The Hall–Kier alpha value is -0.300. The van der Waals surface area contributed by atoms with Crippen LogP contribution >= 0.6 is 0 Å². The molecule has 0 unspecified atom stereocenters. The van der Waals surface area contributed by atoms with Gasteiger partial charge in [0.25, 0.3) is 0 Å². The van der Waals surface area contributed by atoms with E-state index in [0.717, 1.165) is 36.5 Å². The molecule has 0 aromatic rings. The highest BCUT2D eigenvalue weighted by atomic mass is 16.3. The molecule has 0 bridgehead atoms. The molecule has 0 saturated heterocycles. The maximum atomic E-state index is 10.1. The summed E-state index contributed by atoms with van der Waals surface area (Å²) in [6, 6.07) is 0. The zero-order valence-corrected chi connectivity index (χ0v) is 14.8. The van der Waals surface area contributed by atoms with E-state index < -0.39 is 0 Å². The van der Waals surface area contributed by atoms with Crippen molar-refractivity contribution < 1.29 is 5.11 Å². The maximum Gasteiger partial charge on any atom is 0.0577 e. The molecule has 0 aromatic carbocycles. The van der Waals surface area contributed by atoms with Crippen molar-refractivity contribution >= 4 is 0 Å². The van der Waals surface area contributed by atoms with Crippen LogP contribution in [0.25, 0.3) is 0 Å². The molecule has 7 atom stereocenters. The van der Waals surface area contributed by atoms with Gasteiger partial charge in [-0.3, -0.25) is 0 Å². The van der Waals surface area contributed by atoms with E-state index in [1.807, 2.05) is 0 Å². The number of allylic oxidation sites excluding steroid dienone is 1. The van der Waals surface area contributed by atoms with Crippen molar-refractivity contribution in [3.05, 3.63) is 11.6 Å². The second-order valence-corrected chi connectivity index (χ2v) is 9.38. The first-order chi connectivity index (χ1) is 10.5. The van der Waals surface area contributed by atoms with Crippen LogP contribution in [-0.2, 0) is 0 Å². The van der Waals surface area contributed by atoms with Crippen molar-refractivity contribution in [2.75, 3.05) is 0 Å². The predicted octanol–water partition coefficient (Wildman–Crippen LogP) is 5.34. The first-order valence-electron chi connectivity index (χ1n) is 9.86. The van der Waals surface area contributed by atoms with Gasteiger partial charge in [-0.25, -0.2) is 0 Å². The van der Waals surface area contributed by atoms with E-state index in [1.165, 1.54) is 44.9 Å². The van der Waals surface area contributed by atoms with Crippen LogP contribution in [0.4, 0.5) is 0 Å². The van der Waals surface area contributed by atoms with Crippen LogP contribution in [0.3, 0.4) is 0 Å². The Morgan fingerprint density at radius 3 is 2.68 bits per heavy atom. The van der Waals surface area contributed by atoms with E-state index in [-0.39, 0.29) is 6.10 Å². The van der Waals surface area contributed by atoms with Crippen molar-refractivity contribution in [1.82, 2.24) is 0 Å². The maximum absolute atomic E-state index is 10.1. The Balaban J connectivity index is 1.66. The molecule has 0 aliphatic heterocycles. The third-order valence-electron chi connectivity index (χ3n) is 8.77. The van der Waals surface area contributed by atoms with E-state index >= 15 is 0 Å². The fourth-order valence-corrected chi connectivity index (χ4v) is 7.42. The van der Waals surface area contributed by atoms with Gasteiger partial charge in [0, 0.05) is 0 Å². The number of aliphatic hydroxyl groups excluding tert-OH is 1. The van der Waals surface area contributed by atoms with E-state index in [1.54, 1.807) is 5.57 Å². The van der Waals surface area contributed by atoms with Gasteiger partial charge >= 0.3 is 0 Å². The topological polar surface area (TPSA) is 20.2 Å². The van der Waals surface area contributed by atoms with E-state index in [4.69, 9.17) is 0 Å². The Bertz CT molecular complexity index is 480. The summed E-state index contributed by atoms with van der Waals surface area (Å²) >= 11 is 0. The highest BCUT2D eigenvalue weighted by Crippen LogP contribution is 2.66. The molecule has 1 heteroatoms. The molecular weight excluding hydrogens is 268 g/mol. The summed E-state index contributed by atoms with van der Waals surface area (Å²) in [6.45, 7) is 7.57. The largest absolute Gasteiger partial charge is 0.393 e. The summed E-state index contributed by atoms with van der Waals surface area (Å²) in [5, 5.41) is 10.1. The minimum atomic E-state index is -0.0688. The second kappa shape index (κ2) is 5.10. The Morgan fingerprint density at radius 1 is 1.09 bits per heavy atom. The van der Waals surface area contributed by atoms with Crippen LogP contribution in [0.15, 0.2) is 11.6 Å². The molecule has 1 N–H and O–H groups in total. The number of rotatable bonds is 1. The van der Waals surface area contributed by atoms with Crippen molar-refractivity contribution in [3.8, 4) is 0 Å². The van der Waals surface area contributed by atoms with Crippen molar-refractivity contribution in [1.29, 1.82) is 0 Å². The number of fused-ring (bicyclic) bond motifs is 5. The highest BCUT2D eigenvalue weighted by Gasteiger charge is 2.57. The summed E-state index contributed by atoms with van der Waals surface area (Å²) < 4.78 is 0. The first-order valence-corrected chi connectivity index (χ1v) is 9.86. The zero-order valence-electron chi connectivity index (χ0n) is 14.8. The van der Waals surface area contributed by atoms with E-state index in [9.17, 15) is 5.11 Å². The fourth-order valence-electron chi connectivity index (χ4n) is 7.42. The second-order valence-electron chi connectivity index (χ2n) is 9.38. The van der Waals surface area contributed by atoms with Gasteiger partial charge in [0.2, 0.25) is 0 Å². The van der Waals surface area contributed by atoms with Crippen LogP contribution in [-0.4, -0.2) is 11.2 Å². The average Bonchev–Trinajstić information content (AvgIpc) is 2.84. The molecule has 0 heterocycles. The van der Waals surface area contributed by atoms with Crippen LogP contribution < -0.4 is 0 Å². The van der Waals surface area contributed by atoms with Gasteiger partial charge < -0.3 is 5.11 Å². The summed E-state index contributed by atoms with van der Waals surface area (Å²) in [7, 11) is 0. The minimum Gasteiger partial charge on any atom is -0.393 e. The predicted molar refractivity (Wildman–Crippen MR) is 91.5 cm³/mol. The lowest BCUT2D eigenvalue weighted by Crippen LogP contribution is -2.50. The molecule has 0 aromatic heterocycles. The average molecular weight is 303 g/mol. The van der Waals surface area contributed by atoms with Gasteiger partial charge in [0.05, 0.1) is 6.10 Å². The molecule has 124 valence electrons. The zero-order chi connectivity index (χ0) is 15.5. The molecule has 0 radical (unpaired) electrons. The Labute approximate surface area is 136 Å². The van der Waals surface area contributed by atoms with Crippen LogP contribution in [0.2, 0.25) is 0 Å². The minimum absolute atomic E-state index is 0.0688. The van der Waals surface area contributed by atoms with Gasteiger partial charge in [0.1, 0.15) is 0 Å². The lowest BCUT2D eigenvalue weighted by molar-refractivity contribution is -0.0500. The van der Waals surface area contributed by atoms with E-state index in [2.05, 4.69) is 26.8 Å². The molecule has 1 nitrogen and oxygen atoms in total. The Kier molecular flexibility index (Phi) is 3.53. The molecule has 4 aliphatic carbocycles. The fraction of sp³-hybridized carbons (Fsp3) is 0.905. The van der Waals surface area contributed by atoms with Crippen LogP contribution in [0.5, 0.6) is 0 Å². The number of hydrogen-bond donors (Lipinski definition) is 1. The van der Waals surface area contributed by atoms with Crippen LogP contribution in [0.1, 0.15) is 78.6 Å². The van der Waals surface area contributed by atoms with Gasteiger partial charge in [-0.15, -0.1) is 0 Å². The molecular formula is C21H34O. The highest BCUT2D eigenvalue weighted by molar-refractivity contribution is 5.25. The SMILES string of the molecule is CC[C@H]1CC[C@H]2[C@@H]3CC=C4C[C@@H](O)CC[C@]4(C)[C@H]3CC[C@]12C. The number of aliphatic hydroxyl groups is 1. The van der Waals surface area contributed by atoms with Crippen molar-refractivity contribution in [2.45, 2.75) is 84.7 Å².